The molecule has 0 bridgehead atoms. The van der Waals surface area contributed by atoms with Crippen LogP contribution in [0.15, 0.2) is 42.5 Å². The standard InChI is InChI=1S/C18H22ClNO/c1-4-11-21-16-8-6-15(7-9-16)14(3)20-18-12-13(2)5-10-17(18)19/h5-10,12,14,20H,4,11H2,1-3H3. The van der Waals surface area contributed by atoms with E-state index in [9.17, 15) is 0 Å². The number of halogens is 1. The Hall–Kier alpha value is -1.67. The SMILES string of the molecule is CCCOc1ccc(C(C)Nc2cc(C)ccc2Cl)cc1. The van der Waals surface area contributed by atoms with Crippen LogP contribution in [0.25, 0.3) is 0 Å². The van der Waals surface area contributed by atoms with E-state index in [0.29, 0.717) is 0 Å². The lowest BCUT2D eigenvalue weighted by molar-refractivity contribution is 0.317. The van der Waals surface area contributed by atoms with Gasteiger partial charge in [-0.25, -0.2) is 0 Å². The number of aryl methyl sites for hydroxylation is 1. The van der Waals surface area contributed by atoms with Gasteiger partial charge in [0.25, 0.3) is 0 Å². The van der Waals surface area contributed by atoms with Crippen LogP contribution >= 0.6 is 11.6 Å². The van der Waals surface area contributed by atoms with Gasteiger partial charge in [0.2, 0.25) is 0 Å². The number of nitrogens with one attached hydrogen (secondary N) is 1. The fourth-order valence-corrected chi connectivity index (χ4v) is 2.31. The van der Waals surface area contributed by atoms with E-state index in [-0.39, 0.29) is 6.04 Å². The average molecular weight is 304 g/mol. The molecule has 2 aromatic carbocycles. The highest BCUT2D eigenvalue weighted by atomic mass is 35.5. The largest absolute Gasteiger partial charge is 0.494 e. The van der Waals surface area contributed by atoms with E-state index in [0.717, 1.165) is 29.5 Å². The Morgan fingerprint density at radius 2 is 1.86 bits per heavy atom. The molecule has 0 aliphatic carbocycles. The molecule has 0 saturated heterocycles. The molecule has 0 amide bonds. The molecule has 2 aromatic rings. The van der Waals surface area contributed by atoms with Crippen molar-refractivity contribution >= 4 is 17.3 Å². The number of ether oxygens (including phenoxy) is 1. The molecular formula is C18H22ClNO. The molecule has 0 saturated carbocycles. The van der Waals surface area contributed by atoms with Gasteiger partial charge in [0.05, 0.1) is 17.3 Å². The van der Waals surface area contributed by atoms with Crippen molar-refractivity contribution in [3.63, 3.8) is 0 Å². The Labute approximate surface area is 132 Å². The zero-order valence-electron chi connectivity index (χ0n) is 12.8. The van der Waals surface area contributed by atoms with Crippen LogP contribution in [0.2, 0.25) is 5.02 Å². The summed E-state index contributed by atoms with van der Waals surface area (Å²) >= 11 is 6.23. The highest BCUT2D eigenvalue weighted by Crippen LogP contribution is 2.27. The molecule has 0 fully saturated rings. The molecule has 1 atom stereocenters. The molecule has 0 aliphatic heterocycles. The highest BCUT2D eigenvalue weighted by molar-refractivity contribution is 6.33. The number of rotatable bonds is 6. The fourth-order valence-electron chi connectivity index (χ4n) is 2.14. The van der Waals surface area contributed by atoms with E-state index in [4.69, 9.17) is 16.3 Å². The minimum absolute atomic E-state index is 0.185. The van der Waals surface area contributed by atoms with Crippen LogP contribution in [0.5, 0.6) is 5.75 Å². The lowest BCUT2D eigenvalue weighted by Gasteiger charge is -2.17. The maximum absolute atomic E-state index is 6.23. The normalized spacial score (nSPS) is 12.0. The second-order valence-corrected chi connectivity index (χ2v) is 5.67. The summed E-state index contributed by atoms with van der Waals surface area (Å²) in [7, 11) is 0. The topological polar surface area (TPSA) is 21.3 Å². The first-order valence-electron chi connectivity index (χ1n) is 7.35. The van der Waals surface area contributed by atoms with Gasteiger partial charge in [0.1, 0.15) is 5.75 Å². The first-order valence-corrected chi connectivity index (χ1v) is 7.73. The molecule has 0 radical (unpaired) electrons. The molecule has 1 N–H and O–H groups in total. The average Bonchev–Trinajstić information content (AvgIpc) is 2.49. The summed E-state index contributed by atoms with van der Waals surface area (Å²) in [6.07, 6.45) is 1.02. The van der Waals surface area contributed by atoms with Gasteiger partial charge < -0.3 is 10.1 Å². The van der Waals surface area contributed by atoms with Crippen LogP contribution in [0.4, 0.5) is 5.69 Å². The highest BCUT2D eigenvalue weighted by Gasteiger charge is 2.08. The van der Waals surface area contributed by atoms with Crippen LogP contribution in [-0.4, -0.2) is 6.61 Å². The summed E-state index contributed by atoms with van der Waals surface area (Å²) in [6.45, 7) is 7.05. The Morgan fingerprint density at radius 1 is 1.14 bits per heavy atom. The van der Waals surface area contributed by atoms with E-state index in [1.807, 2.05) is 24.3 Å². The minimum Gasteiger partial charge on any atom is -0.494 e. The molecule has 21 heavy (non-hydrogen) atoms. The van der Waals surface area contributed by atoms with Crippen LogP contribution < -0.4 is 10.1 Å². The van der Waals surface area contributed by atoms with Gasteiger partial charge in [-0.3, -0.25) is 0 Å². The zero-order valence-corrected chi connectivity index (χ0v) is 13.6. The van der Waals surface area contributed by atoms with Crippen molar-refractivity contribution in [1.82, 2.24) is 0 Å². The van der Waals surface area contributed by atoms with Gasteiger partial charge in [0, 0.05) is 6.04 Å². The lowest BCUT2D eigenvalue weighted by atomic mass is 10.1. The Kier molecular flexibility index (Phi) is 5.51. The molecular weight excluding hydrogens is 282 g/mol. The van der Waals surface area contributed by atoms with Crippen LogP contribution in [0.1, 0.15) is 37.4 Å². The Balaban J connectivity index is 2.05. The second kappa shape index (κ2) is 7.37. The summed E-state index contributed by atoms with van der Waals surface area (Å²) in [5.74, 6) is 0.918. The molecule has 1 unspecified atom stereocenters. The number of hydrogen-bond acceptors (Lipinski definition) is 2. The van der Waals surface area contributed by atoms with Gasteiger partial charge in [0.15, 0.2) is 0 Å². The fraction of sp³-hybridized carbons (Fsp3) is 0.333. The maximum Gasteiger partial charge on any atom is 0.119 e. The molecule has 0 spiro atoms. The molecule has 0 heterocycles. The van der Waals surface area contributed by atoms with Gasteiger partial charge in [-0.05, 0) is 55.7 Å². The monoisotopic (exact) mass is 303 g/mol. The van der Waals surface area contributed by atoms with E-state index >= 15 is 0 Å². The van der Waals surface area contributed by atoms with E-state index in [1.54, 1.807) is 0 Å². The van der Waals surface area contributed by atoms with Gasteiger partial charge in [-0.15, -0.1) is 0 Å². The molecule has 0 aliphatic rings. The Morgan fingerprint density at radius 3 is 2.52 bits per heavy atom. The quantitative estimate of drug-likeness (QED) is 0.749. The molecule has 3 heteroatoms. The first kappa shape index (κ1) is 15.7. The third-order valence-corrected chi connectivity index (χ3v) is 3.68. The summed E-state index contributed by atoms with van der Waals surface area (Å²) in [4.78, 5) is 0. The van der Waals surface area contributed by atoms with Crippen molar-refractivity contribution in [2.75, 3.05) is 11.9 Å². The number of hydrogen-bond donors (Lipinski definition) is 1. The summed E-state index contributed by atoms with van der Waals surface area (Å²) in [5, 5.41) is 4.20. The zero-order chi connectivity index (χ0) is 15.2. The lowest BCUT2D eigenvalue weighted by Crippen LogP contribution is -2.07. The maximum atomic E-state index is 6.23. The second-order valence-electron chi connectivity index (χ2n) is 5.27. The van der Waals surface area contributed by atoms with Gasteiger partial charge in [-0.1, -0.05) is 36.7 Å². The van der Waals surface area contributed by atoms with Crippen LogP contribution in [0.3, 0.4) is 0 Å². The van der Waals surface area contributed by atoms with Crippen molar-refractivity contribution < 1.29 is 4.74 Å². The molecule has 112 valence electrons. The van der Waals surface area contributed by atoms with Crippen molar-refractivity contribution in [3.8, 4) is 5.75 Å². The van der Waals surface area contributed by atoms with Crippen molar-refractivity contribution in [2.45, 2.75) is 33.2 Å². The smallest absolute Gasteiger partial charge is 0.119 e. The van der Waals surface area contributed by atoms with Crippen molar-refractivity contribution in [3.05, 3.63) is 58.6 Å². The minimum atomic E-state index is 0.185. The van der Waals surface area contributed by atoms with E-state index < -0.39 is 0 Å². The molecule has 0 aromatic heterocycles. The molecule has 2 rings (SSSR count). The number of benzene rings is 2. The van der Waals surface area contributed by atoms with Crippen LogP contribution in [-0.2, 0) is 0 Å². The predicted molar refractivity (Wildman–Crippen MR) is 90.5 cm³/mol. The Bertz CT molecular complexity index is 580. The van der Waals surface area contributed by atoms with E-state index in [1.165, 1.54) is 11.1 Å². The van der Waals surface area contributed by atoms with Gasteiger partial charge >= 0.3 is 0 Å². The van der Waals surface area contributed by atoms with Gasteiger partial charge in [-0.2, -0.15) is 0 Å². The van der Waals surface area contributed by atoms with Crippen molar-refractivity contribution in [1.29, 1.82) is 0 Å². The number of anilines is 1. The first-order chi connectivity index (χ1) is 10.1. The van der Waals surface area contributed by atoms with Crippen molar-refractivity contribution in [2.24, 2.45) is 0 Å². The summed E-state index contributed by atoms with van der Waals surface area (Å²) < 4.78 is 5.60. The van der Waals surface area contributed by atoms with Crippen LogP contribution in [0, 0.1) is 6.92 Å². The van der Waals surface area contributed by atoms with E-state index in [2.05, 4.69) is 44.3 Å². The third kappa shape index (κ3) is 4.40. The molecule has 2 nitrogen and oxygen atoms in total. The predicted octanol–water partition coefficient (Wildman–Crippen LogP) is 5.61. The summed E-state index contributed by atoms with van der Waals surface area (Å²) in [5.41, 5.74) is 3.37. The summed E-state index contributed by atoms with van der Waals surface area (Å²) in [6, 6.07) is 14.4. The third-order valence-electron chi connectivity index (χ3n) is 3.35.